The first-order valence-electron chi connectivity index (χ1n) is 6.13. The molecule has 0 aliphatic rings. The summed E-state index contributed by atoms with van der Waals surface area (Å²) in [7, 11) is 0. The van der Waals surface area contributed by atoms with Crippen molar-refractivity contribution in [2.45, 2.75) is 12.3 Å². The molecule has 0 saturated heterocycles. The van der Waals surface area contributed by atoms with Gasteiger partial charge in [0.15, 0.2) is 0 Å². The Hall–Kier alpha value is -1.45. The summed E-state index contributed by atoms with van der Waals surface area (Å²) in [5.74, 6) is -0.911. The van der Waals surface area contributed by atoms with E-state index in [9.17, 15) is 8.78 Å². The summed E-state index contributed by atoms with van der Waals surface area (Å²) in [4.78, 5) is 0. The molecule has 20 heavy (non-hydrogen) atoms. The number of benzene rings is 2. The van der Waals surface area contributed by atoms with Crippen LogP contribution >= 0.6 is 22.9 Å². The van der Waals surface area contributed by atoms with E-state index in [4.69, 9.17) is 11.6 Å². The van der Waals surface area contributed by atoms with Crippen LogP contribution in [0.1, 0.15) is 22.1 Å². The molecule has 1 atom stereocenters. The lowest BCUT2D eigenvalue weighted by Crippen LogP contribution is -1.99. The number of hydrogen-bond acceptors (Lipinski definition) is 1. The third-order valence-electron chi connectivity index (χ3n) is 3.33. The second-order valence-electron chi connectivity index (χ2n) is 4.67. The average molecular weight is 309 g/mol. The molecule has 2 aromatic carbocycles. The van der Waals surface area contributed by atoms with Gasteiger partial charge >= 0.3 is 0 Å². The van der Waals surface area contributed by atoms with Gasteiger partial charge in [0.2, 0.25) is 0 Å². The zero-order valence-corrected chi connectivity index (χ0v) is 12.2. The molecule has 0 nitrogen and oxygen atoms in total. The molecule has 3 rings (SSSR count). The van der Waals surface area contributed by atoms with Crippen molar-refractivity contribution in [2.24, 2.45) is 0 Å². The van der Waals surface area contributed by atoms with Crippen LogP contribution < -0.4 is 0 Å². The number of alkyl halides is 1. The van der Waals surface area contributed by atoms with Gasteiger partial charge in [0.1, 0.15) is 11.6 Å². The summed E-state index contributed by atoms with van der Waals surface area (Å²) in [6.07, 6.45) is 0. The Balaban J connectivity index is 2.13. The Labute approximate surface area is 124 Å². The van der Waals surface area contributed by atoms with E-state index in [-0.39, 0.29) is 11.1 Å². The lowest BCUT2D eigenvalue weighted by Gasteiger charge is -2.12. The van der Waals surface area contributed by atoms with Crippen molar-refractivity contribution in [1.82, 2.24) is 0 Å². The molecule has 4 heteroatoms. The topological polar surface area (TPSA) is 0 Å². The Morgan fingerprint density at radius 1 is 1.05 bits per heavy atom. The summed E-state index contributed by atoms with van der Waals surface area (Å²) >= 11 is 7.93. The first-order chi connectivity index (χ1) is 9.58. The van der Waals surface area contributed by atoms with Crippen LogP contribution in [0.25, 0.3) is 10.1 Å². The van der Waals surface area contributed by atoms with E-state index in [1.807, 2.05) is 29.6 Å². The standard InChI is InChI=1S/C16H11ClF2S/c1-9-6-14(19)11(7-13(9)18)16(17)12-8-20-15-5-3-2-4-10(12)15/h2-8,16H,1H3. The molecule has 1 aromatic heterocycles. The van der Waals surface area contributed by atoms with Crippen LogP contribution in [0.5, 0.6) is 0 Å². The van der Waals surface area contributed by atoms with Gasteiger partial charge in [-0.3, -0.25) is 0 Å². The smallest absolute Gasteiger partial charge is 0.128 e. The fraction of sp³-hybridized carbons (Fsp3) is 0.125. The van der Waals surface area contributed by atoms with Crippen LogP contribution in [0.15, 0.2) is 41.8 Å². The molecule has 102 valence electrons. The molecule has 0 N–H and O–H groups in total. The molecule has 0 spiro atoms. The maximum Gasteiger partial charge on any atom is 0.128 e. The van der Waals surface area contributed by atoms with Crippen LogP contribution in [0, 0.1) is 18.6 Å². The van der Waals surface area contributed by atoms with Crippen LogP contribution in [-0.4, -0.2) is 0 Å². The van der Waals surface area contributed by atoms with E-state index in [0.717, 1.165) is 15.6 Å². The Morgan fingerprint density at radius 2 is 1.80 bits per heavy atom. The fourth-order valence-corrected chi connectivity index (χ4v) is 3.63. The van der Waals surface area contributed by atoms with Crippen molar-refractivity contribution in [2.75, 3.05) is 0 Å². The monoisotopic (exact) mass is 308 g/mol. The van der Waals surface area contributed by atoms with E-state index >= 15 is 0 Å². The highest BCUT2D eigenvalue weighted by Gasteiger charge is 2.20. The van der Waals surface area contributed by atoms with Crippen molar-refractivity contribution in [1.29, 1.82) is 0 Å². The van der Waals surface area contributed by atoms with Gasteiger partial charge in [-0.15, -0.1) is 22.9 Å². The summed E-state index contributed by atoms with van der Waals surface area (Å²) in [5.41, 5.74) is 1.28. The van der Waals surface area contributed by atoms with Crippen molar-refractivity contribution in [3.8, 4) is 0 Å². The fourth-order valence-electron chi connectivity index (χ4n) is 2.22. The van der Waals surface area contributed by atoms with Gasteiger partial charge in [-0.25, -0.2) is 8.78 Å². The molecule has 0 aliphatic heterocycles. The molecule has 0 bridgehead atoms. The van der Waals surface area contributed by atoms with Gasteiger partial charge in [0.25, 0.3) is 0 Å². The number of fused-ring (bicyclic) bond motifs is 1. The summed E-state index contributed by atoms with van der Waals surface area (Å²) in [6, 6.07) is 10.2. The van der Waals surface area contributed by atoms with Gasteiger partial charge in [0.05, 0.1) is 5.38 Å². The van der Waals surface area contributed by atoms with Crippen LogP contribution in [-0.2, 0) is 0 Å². The van der Waals surface area contributed by atoms with Gasteiger partial charge in [-0.1, -0.05) is 18.2 Å². The molecule has 3 aromatic rings. The van der Waals surface area contributed by atoms with Gasteiger partial charge in [0, 0.05) is 10.3 Å². The van der Waals surface area contributed by atoms with Gasteiger partial charge in [-0.05, 0) is 47.0 Å². The SMILES string of the molecule is Cc1cc(F)c(C(Cl)c2csc3ccccc23)cc1F. The molecule has 0 fully saturated rings. The Bertz CT molecular complexity index is 779. The first-order valence-corrected chi connectivity index (χ1v) is 7.45. The van der Waals surface area contributed by atoms with E-state index in [0.29, 0.717) is 0 Å². The third-order valence-corrected chi connectivity index (χ3v) is 4.79. The molecule has 0 saturated carbocycles. The van der Waals surface area contributed by atoms with E-state index in [1.54, 1.807) is 11.3 Å². The predicted molar refractivity (Wildman–Crippen MR) is 80.6 cm³/mol. The summed E-state index contributed by atoms with van der Waals surface area (Å²) in [5, 5.41) is 2.19. The number of thiophene rings is 1. The van der Waals surface area contributed by atoms with Gasteiger partial charge < -0.3 is 0 Å². The summed E-state index contributed by atoms with van der Waals surface area (Å²) in [6.45, 7) is 1.53. The van der Waals surface area contributed by atoms with Crippen molar-refractivity contribution in [3.63, 3.8) is 0 Å². The zero-order chi connectivity index (χ0) is 14.3. The largest absolute Gasteiger partial charge is 0.207 e. The molecule has 1 unspecified atom stereocenters. The van der Waals surface area contributed by atoms with Crippen LogP contribution in [0.2, 0.25) is 0 Å². The molecular formula is C16H11ClF2S. The lowest BCUT2D eigenvalue weighted by molar-refractivity contribution is 0.580. The van der Waals surface area contributed by atoms with Gasteiger partial charge in [-0.2, -0.15) is 0 Å². The zero-order valence-electron chi connectivity index (χ0n) is 10.7. The number of halogens is 3. The highest BCUT2D eigenvalue weighted by Crippen LogP contribution is 2.38. The minimum absolute atomic E-state index is 0.179. The van der Waals surface area contributed by atoms with Crippen LogP contribution in [0.4, 0.5) is 8.78 Å². The maximum absolute atomic E-state index is 14.0. The van der Waals surface area contributed by atoms with E-state index in [2.05, 4.69) is 0 Å². The number of hydrogen-bond donors (Lipinski definition) is 0. The molecule has 0 radical (unpaired) electrons. The van der Waals surface area contributed by atoms with Crippen molar-refractivity contribution < 1.29 is 8.78 Å². The quantitative estimate of drug-likeness (QED) is 0.524. The molecular weight excluding hydrogens is 298 g/mol. The van der Waals surface area contributed by atoms with Crippen LogP contribution in [0.3, 0.4) is 0 Å². The predicted octanol–water partition coefficient (Wildman–Crippen LogP) is 5.82. The molecule has 1 heterocycles. The highest BCUT2D eigenvalue weighted by molar-refractivity contribution is 7.17. The molecule has 0 amide bonds. The second kappa shape index (κ2) is 5.15. The molecule has 0 aliphatic carbocycles. The highest BCUT2D eigenvalue weighted by atomic mass is 35.5. The number of aryl methyl sites for hydroxylation is 1. The Morgan fingerprint density at radius 3 is 2.60 bits per heavy atom. The lowest BCUT2D eigenvalue weighted by atomic mass is 10.0. The van der Waals surface area contributed by atoms with E-state index < -0.39 is 17.0 Å². The Kier molecular flexibility index (Phi) is 3.48. The maximum atomic E-state index is 14.0. The average Bonchev–Trinajstić information content (AvgIpc) is 2.86. The minimum Gasteiger partial charge on any atom is -0.207 e. The first kappa shape index (κ1) is 13.5. The third kappa shape index (κ3) is 2.21. The minimum atomic E-state index is -0.693. The number of rotatable bonds is 2. The second-order valence-corrected chi connectivity index (χ2v) is 6.02. The van der Waals surface area contributed by atoms with E-state index in [1.165, 1.54) is 19.1 Å². The normalized spacial score (nSPS) is 12.8. The van der Waals surface area contributed by atoms with Crippen molar-refractivity contribution in [3.05, 3.63) is 70.1 Å². The van der Waals surface area contributed by atoms with Crippen molar-refractivity contribution >= 4 is 33.0 Å². The summed E-state index contributed by atoms with van der Waals surface area (Å²) < 4.78 is 28.8.